The van der Waals surface area contributed by atoms with Gasteiger partial charge in [-0.25, -0.2) is 0 Å². The van der Waals surface area contributed by atoms with Gasteiger partial charge in [-0.2, -0.15) is 0 Å². The van der Waals surface area contributed by atoms with E-state index in [1.807, 2.05) is 0 Å². The van der Waals surface area contributed by atoms with Gasteiger partial charge < -0.3 is 13.0 Å². The fourth-order valence-corrected chi connectivity index (χ4v) is 18.5. The number of carbonyl (C=O) groups is 2. The highest BCUT2D eigenvalue weighted by atomic mass is 28.5. The van der Waals surface area contributed by atoms with Gasteiger partial charge in [0.2, 0.25) is 0 Å². The van der Waals surface area contributed by atoms with E-state index in [2.05, 4.69) is 53.1 Å². The predicted molar refractivity (Wildman–Crippen MR) is 124 cm³/mol. The van der Waals surface area contributed by atoms with Gasteiger partial charge in [-0.05, 0) is 77.6 Å². The highest BCUT2D eigenvalue weighted by Crippen LogP contribution is 2.29. The van der Waals surface area contributed by atoms with Crippen molar-refractivity contribution in [2.45, 2.75) is 104 Å². The van der Waals surface area contributed by atoms with Crippen molar-refractivity contribution in [1.29, 1.82) is 0 Å². The number of hydrogen-bond donors (Lipinski definition) is 0. The maximum atomic E-state index is 12.0. The lowest BCUT2D eigenvalue weighted by Gasteiger charge is -2.39. The number of ketones is 1. The molecule has 0 aromatic heterocycles. The molecule has 0 saturated carbocycles. The highest BCUT2D eigenvalue weighted by molar-refractivity contribution is 6.87. The summed E-state index contributed by atoms with van der Waals surface area (Å²) in [6, 6.07) is 2.20. The molecule has 0 aromatic rings. The first-order chi connectivity index (χ1) is 12.6. The molecule has 0 aromatic carbocycles. The van der Waals surface area contributed by atoms with Gasteiger partial charge in [0.05, 0.1) is 5.92 Å². The first kappa shape index (κ1) is 27.7. The Morgan fingerprint density at radius 3 is 1.89 bits per heavy atom. The Morgan fingerprint density at radius 2 is 1.46 bits per heavy atom. The molecule has 28 heavy (non-hydrogen) atoms. The molecule has 0 amide bonds. The van der Waals surface area contributed by atoms with Crippen LogP contribution < -0.4 is 0 Å². The van der Waals surface area contributed by atoms with Crippen LogP contribution >= 0.6 is 0 Å². The Kier molecular flexibility index (Phi) is 11.7. The van der Waals surface area contributed by atoms with E-state index in [1.165, 1.54) is 6.04 Å². The molecule has 0 spiro atoms. The zero-order valence-corrected chi connectivity index (χ0v) is 22.9. The van der Waals surface area contributed by atoms with E-state index < -0.39 is 25.2 Å². The Balaban J connectivity index is 4.75. The SMILES string of the molecule is CCC[Si](C)(C)O[Si](C)(C)O[Si](C)(C)CCC(C)CC(C(C)=O)C(C)OC=O. The number of rotatable bonds is 15. The standard InChI is InChI=1S/C20H44O5Si3/c1-11-13-26(5,6)24-28(9,10)25-27(7,8)14-12-17(2)15-20(18(3)22)19(4)23-16-21/h16-17,19-20H,11-15H2,1-10H3. The van der Waals surface area contributed by atoms with Crippen molar-refractivity contribution in [3.8, 4) is 0 Å². The summed E-state index contributed by atoms with van der Waals surface area (Å²) in [6.45, 7) is 21.7. The molecule has 0 aliphatic heterocycles. The van der Waals surface area contributed by atoms with Gasteiger partial charge in [-0.15, -0.1) is 0 Å². The van der Waals surface area contributed by atoms with Crippen LogP contribution in [0.1, 0.15) is 47.0 Å². The second-order valence-electron chi connectivity index (χ2n) is 9.91. The van der Waals surface area contributed by atoms with Gasteiger partial charge >= 0.3 is 8.56 Å². The van der Waals surface area contributed by atoms with Crippen molar-refractivity contribution in [2.24, 2.45) is 11.8 Å². The average molecular weight is 449 g/mol. The molecule has 5 nitrogen and oxygen atoms in total. The normalized spacial score (nSPS) is 16.4. The summed E-state index contributed by atoms with van der Waals surface area (Å²) in [5, 5.41) is 0. The molecule has 166 valence electrons. The largest absolute Gasteiger partial charge is 0.464 e. The van der Waals surface area contributed by atoms with Crippen molar-refractivity contribution < 1.29 is 22.6 Å². The van der Waals surface area contributed by atoms with Crippen molar-refractivity contribution in [2.75, 3.05) is 0 Å². The maximum Gasteiger partial charge on any atom is 0.311 e. The molecule has 0 aliphatic carbocycles. The van der Waals surface area contributed by atoms with Crippen LogP contribution in [-0.4, -0.2) is 43.6 Å². The molecule has 0 aliphatic rings. The van der Waals surface area contributed by atoms with Crippen LogP contribution in [0.25, 0.3) is 0 Å². The molecular weight excluding hydrogens is 404 g/mol. The summed E-state index contributed by atoms with van der Waals surface area (Å²) in [6.07, 6.45) is 2.54. The van der Waals surface area contributed by atoms with E-state index in [4.69, 9.17) is 13.0 Å². The Labute approximate surface area is 176 Å². The average Bonchev–Trinajstić information content (AvgIpc) is 2.48. The maximum absolute atomic E-state index is 12.0. The van der Waals surface area contributed by atoms with Gasteiger partial charge in [0.1, 0.15) is 11.9 Å². The van der Waals surface area contributed by atoms with Crippen molar-refractivity contribution in [3.05, 3.63) is 0 Å². The van der Waals surface area contributed by atoms with Crippen LogP contribution in [0, 0.1) is 11.8 Å². The molecule has 0 heterocycles. The zero-order valence-electron chi connectivity index (χ0n) is 19.9. The van der Waals surface area contributed by atoms with E-state index in [-0.39, 0.29) is 17.8 Å². The Bertz CT molecular complexity index is 494. The minimum atomic E-state index is -2.15. The highest BCUT2D eigenvalue weighted by Gasteiger charge is 2.39. The summed E-state index contributed by atoms with van der Waals surface area (Å²) >= 11 is 0. The Morgan fingerprint density at radius 1 is 0.964 bits per heavy atom. The fraction of sp³-hybridized carbons (Fsp3) is 0.900. The third-order valence-electron chi connectivity index (χ3n) is 5.15. The summed E-state index contributed by atoms with van der Waals surface area (Å²) in [7, 11) is -5.67. The van der Waals surface area contributed by atoms with Gasteiger partial charge in [-0.3, -0.25) is 9.59 Å². The van der Waals surface area contributed by atoms with E-state index in [0.29, 0.717) is 12.4 Å². The third-order valence-corrected chi connectivity index (χ3v) is 16.7. The first-order valence-electron chi connectivity index (χ1n) is 10.6. The first-order valence-corrected chi connectivity index (χ1v) is 19.7. The molecule has 0 fully saturated rings. The van der Waals surface area contributed by atoms with E-state index in [1.54, 1.807) is 13.8 Å². The smallest absolute Gasteiger partial charge is 0.311 e. The zero-order chi connectivity index (χ0) is 22.2. The van der Waals surface area contributed by atoms with E-state index >= 15 is 0 Å². The molecule has 0 N–H and O–H groups in total. The second-order valence-corrected chi connectivity index (χ2v) is 22.4. The molecule has 8 heteroatoms. The van der Waals surface area contributed by atoms with Crippen LogP contribution in [-0.2, 0) is 22.6 Å². The minimum absolute atomic E-state index is 0.0824. The summed E-state index contributed by atoms with van der Waals surface area (Å²) < 4.78 is 18.2. The van der Waals surface area contributed by atoms with Crippen LogP contribution in [0.15, 0.2) is 0 Å². The Hall–Kier alpha value is -0.289. The molecular formula is C20H44O5Si3. The van der Waals surface area contributed by atoms with Gasteiger partial charge in [0.25, 0.3) is 6.47 Å². The van der Waals surface area contributed by atoms with Gasteiger partial charge in [0.15, 0.2) is 16.6 Å². The minimum Gasteiger partial charge on any atom is -0.464 e. The van der Waals surface area contributed by atoms with Gasteiger partial charge in [-0.1, -0.05) is 26.7 Å². The van der Waals surface area contributed by atoms with E-state index in [0.717, 1.165) is 25.3 Å². The summed E-state index contributed by atoms with van der Waals surface area (Å²) in [5.74, 6) is 0.221. The molecule has 0 radical (unpaired) electrons. The lowest BCUT2D eigenvalue weighted by atomic mass is 9.88. The van der Waals surface area contributed by atoms with Crippen LogP contribution in [0.3, 0.4) is 0 Å². The summed E-state index contributed by atoms with van der Waals surface area (Å²) in [5.41, 5.74) is 0. The third kappa shape index (κ3) is 11.6. The van der Waals surface area contributed by atoms with Gasteiger partial charge in [0, 0.05) is 0 Å². The van der Waals surface area contributed by atoms with Crippen molar-refractivity contribution in [3.63, 3.8) is 0 Å². The summed E-state index contributed by atoms with van der Waals surface area (Å²) in [4.78, 5) is 22.6. The molecule has 0 saturated heterocycles. The lowest BCUT2D eigenvalue weighted by molar-refractivity contribution is -0.139. The number of hydrogen-bond acceptors (Lipinski definition) is 5. The van der Waals surface area contributed by atoms with Crippen molar-refractivity contribution in [1.82, 2.24) is 0 Å². The number of ether oxygens (including phenoxy) is 1. The van der Waals surface area contributed by atoms with Crippen LogP contribution in [0.2, 0.25) is 51.4 Å². The second kappa shape index (κ2) is 11.8. The molecule has 0 rings (SSSR count). The molecule has 3 atom stereocenters. The molecule has 3 unspecified atom stereocenters. The van der Waals surface area contributed by atoms with E-state index in [9.17, 15) is 9.59 Å². The van der Waals surface area contributed by atoms with Crippen LogP contribution in [0.5, 0.6) is 0 Å². The number of Topliss-reactive ketones (excluding diaryl/α,β-unsaturated/α-hetero) is 1. The van der Waals surface area contributed by atoms with Crippen LogP contribution in [0.4, 0.5) is 0 Å². The fourth-order valence-electron chi connectivity index (χ4n) is 4.07. The lowest BCUT2D eigenvalue weighted by Crippen LogP contribution is -2.52. The predicted octanol–water partition coefficient (Wildman–Crippen LogP) is 5.72. The quantitative estimate of drug-likeness (QED) is 0.237. The number of carbonyl (C=O) groups excluding carboxylic acids is 2. The monoisotopic (exact) mass is 448 g/mol. The molecule has 0 bridgehead atoms. The van der Waals surface area contributed by atoms with Crippen molar-refractivity contribution >= 4 is 37.5 Å². The topological polar surface area (TPSA) is 61.8 Å².